The molecular weight excluding hydrogens is 158 g/mol. The Kier molecular flexibility index (Phi) is 2.30. The van der Waals surface area contributed by atoms with Crippen molar-refractivity contribution < 1.29 is 20.7 Å². The number of benzene rings is 1. The number of phenols is 1. The van der Waals surface area contributed by atoms with Crippen molar-refractivity contribution in [2.45, 2.75) is 6.04 Å². The number of rotatable bonds is 2. The first kappa shape index (κ1) is 8.55. The van der Waals surface area contributed by atoms with Gasteiger partial charge in [0.15, 0.2) is 0 Å². The van der Waals surface area contributed by atoms with Gasteiger partial charge in [0, 0.05) is 0 Å². The van der Waals surface area contributed by atoms with E-state index in [4.69, 9.17) is 5.11 Å². The van der Waals surface area contributed by atoms with Crippen LogP contribution >= 0.6 is 0 Å². The Bertz CT molecular complexity index is 298. The molecule has 0 heterocycles. The third kappa shape index (κ3) is 1.54. The predicted octanol–water partition coefficient (Wildman–Crippen LogP) is -0.240. The van der Waals surface area contributed by atoms with Crippen molar-refractivity contribution in [3.63, 3.8) is 0 Å². The first-order chi connectivity index (χ1) is 5.63. The Balaban J connectivity index is 3.02. The molecule has 1 atom stereocenters. The van der Waals surface area contributed by atoms with E-state index in [-0.39, 0.29) is 5.75 Å². The van der Waals surface area contributed by atoms with E-state index in [1.807, 2.05) is 0 Å². The summed E-state index contributed by atoms with van der Waals surface area (Å²) in [5.74, 6) is -1.07. The molecule has 0 spiro atoms. The minimum Gasteiger partial charge on any atom is -0.507 e. The number of hydrogen-bond acceptors (Lipinski definition) is 2. The molecule has 4 heteroatoms. The molecule has 0 amide bonds. The first-order valence-corrected chi connectivity index (χ1v) is 3.46. The highest BCUT2D eigenvalue weighted by Gasteiger charge is 2.20. The molecule has 0 aromatic heterocycles. The van der Waals surface area contributed by atoms with Crippen LogP contribution in [0.2, 0.25) is 0 Å². The molecule has 1 aromatic rings. The lowest BCUT2D eigenvalue weighted by atomic mass is 10.1. The van der Waals surface area contributed by atoms with Crippen LogP contribution in [0.5, 0.6) is 5.75 Å². The van der Waals surface area contributed by atoms with Crippen molar-refractivity contribution in [2.24, 2.45) is 0 Å². The first-order valence-electron chi connectivity index (χ1n) is 3.46. The van der Waals surface area contributed by atoms with E-state index in [2.05, 4.69) is 5.73 Å². The summed E-state index contributed by atoms with van der Waals surface area (Å²) in [5, 5.41) is 17.8. The van der Waals surface area contributed by atoms with Crippen molar-refractivity contribution in [1.82, 2.24) is 0 Å². The van der Waals surface area contributed by atoms with Crippen LogP contribution < -0.4 is 5.73 Å². The maximum absolute atomic E-state index is 10.5. The van der Waals surface area contributed by atoms with E-state index in [9.17, 15) is 9.90 Å². The highest BCUT2D eigenvalue weighted by Crippen LogP contribution is 2.20. The minimum absolute atomic E-state index is 0.0279. The number of aromatic hydroxyl groups is 1. The van der Waals surface area contributed by atoms with E-state index in [1.54, 1.807) is 18.2 Å². The summed E-state index contributed by atoms with van der Waals surface area (Å²) >= 11 is 0. The summed E-state index contributed by atoms with van der Waals surface area (Å²) in [6.07, 6.45) is 0. The second-order valence-electron chi connectivity index (χ2n) is 2.45. The molecule has 0 fully saturated rings. The fourth-order valence-electron chi connectivity index (χ4n) is 0.915. The Hall–Kier alpha value is -1.55. The molecule has 5 N–H and O–H groups in total. The Morgan fingerprint density at radius 2 is 2.00 bits per heavy atom. The number of para-hydroxylation sites is 1. The van der Waals surface area contributed by atoms with Gasteiger partial charge in [0.05, 0.1) is 5.56 Å². The Morgan fingerprint density at radius 1 is 1.42 bits per heavy atom. The van der Waals surface area contributed by atoms with Crippen LogP contribution in [0, 0.1) is 0 Å². The molecule has 0 aliphatic rings. The van der Waals surface area contributed by atoms with Gasteiger partial charge in [-0.25, -0.2) is 4.79 Å². The van der Waals surface area contributed by atoms with Gasteiger partial charge in [0.1, 0.15) is 5.75 Å². The van der Waals surface area contributed by atoms with Gasteiger partial charge in [-0.3, -0.25) is 0 Å². The van der Waals surface area contributed by atoms with Crippen molar-refractivity contribution in [3.05, 3.63) is 29.8 Å². The van der Waals surface area contributed by atoms with Crippen molar-refractivity contribution in [1.29, 1.82) is 0 Å². The van der Waals surface area contributed by atoms with Gasteiger partial charge in [-0.05, 0) is 12.1 Å². The molecule has 0 saturated carbocycles. The minimum atomic E-state index is -1.04. The van der Waals surface area contributed by atoms with E-state index in [1.165, 1.54) is 6.07 Å². The highest BCUT2D eigenvalue weighted by molar-refractivity contribution is 5.74. The Morgan fingerprint density at radius 3 is 2.50 bits per heavy atom. The molecule has 1 rings (SSSR count). The van der Waals surface area contributed by atoms with E-state index in [0.717, 1.165) is 0 Å². The van der Waals surface area contributed by atoms with E-state index < -0.39 is 12.0 Å². The number of phenolic OH excluding ortho intramolecular Hbond substituents is 1. The van der Waals surface area contributed by atoms with Gasteiger partial charge in [0.2, 0.25) is 6.04 Å². The lowest BCUT2D eigenvalue weighted by Gasteiger charge is -2.04. The summed E-state index contributed by atoms with van der Waals surface area (Å²) < 4.78 is 0. The molecule has 4 nitrogen and oxygen atoms in total. The smallest absolute Gasteiger partial charge is 0.367 e. The zero-order valence-corrected chi connectivity index (χ0v) is 6.40. The van der Waals surface area contributed by atoms with Crippen LogP contribution in [0.3, 0.4) is 0 Å². The van der Waals surface area contributed by atoms with Crippen LogP contribution in [0.25, 0.3) is 0 Å². The number of carbonyl (C=O) groups is 1. The van der Waals surface area contributed by atoms with Crippen LogP contribution in [-0.2, 0) is 4.79 Å². The van der Waals surface area contributed by atoms with Gasteiger partial charge in [0.25, 0.3) is 0 Å². The van der Waals surface area contributed by atoms with Gasteiger partial charge >= 0.3 is 5.97 Å². The van der Waals surface area contributed by atoms with Crippen LogP contribution in [0.1, 0.15) is 11.6 Å². The average Bonchev–Trinajstić information content (AvgIpc) is 2.04. The largest absolute Gasteiger partial charge is 0.507 e. The second kappa shape index (κ2) is 3.23. The maximum atomic E-state index is 10.5. The lowest BCUT2D eigenvalue weighted by Crippen LogP contribution is -2.57. The summed E-state index contributed by atoms with van der Waals surface area (Å²) in [6, 6.07) is 5.37. The number of carboxylic acids is 1. The van der Waals surface area contributed by atoms with Gasteiger partial charge in [-0.1, -0.05) is 12.1 Å². The molecule has 0 radical (unpaired) electrons. The highest BCUT2D eigenvalue weighted by atomic mass is 16.4. The molecule has 1 aromatic carbocycles. The fraction of sp³-hybridized carbons (Fsp3) is 0.125. The molecular formula is C8H10NO3+. The molecule has 0 aliphatic carbocycles. The topological polar surface area (TPSA) is 85.2 Å². The molecule has 0 saturated heterocycles. The van der Waals surface area contributed by atoms with Crippen molar-refractivity contribution in [3.8, 4) is 5.75 Å². The van der Waals surface area contributed by atoms with Crippen LogP contribution in [0.4, 0.5) is 0 Å². The zero-order valence-electron chi connectivity index (χ0n) is 6.40. The molecule has 1 unspecified atom stereocenters. The normalized spacial score (nSPS) is 12.4. The summed E-state index contributed by atoms with van der Waals surface area (Å²) in [5.41, 5.74) is 3.75. The van der Waals surface area contributed by atoms with Gasteiger partial charge in [-0.2, -0.15) is 0 Å². The molecule has 0 aliphatic heterocycles. The Labute approximate surface area is 69.3 Å². The SMILES string of the molecule is [NH3+]C(C(=O)O)c1ccccc1O. The van der Waals surface area contributed by atoms with E-state index >= 15 is 0 Å². The number of carboxylic acid groups (broad SMARTS) is 1. The fourth-order valence-corrected chi connectivity index (χ4v) is 0.915. The van der Waals surface area contributed by atoms with Crippen molar-refractivity contribution >= 4 is 5.97 Å². The summed E-state index contributed by atoms with van der Waals surface area (Å²) in [7, 11) is 0. The molecule has 0 bridgehead atoms. The predicted molar refractivity (Wildman–Crippen MR) is 41.4 cm³/mol. The number of hydrogen-bond donors (Lipinski definition) is 3. The van der Waals surface area contributed by atoms with Gasteiger partial charge in [-0.15, -0.1) is 0 Å². The maximum Gasteiger partial charge on any atom is 0.367 e. The van der Waals surface area contributed by atoms with Crippen LogP contribution in [-0.4, -0.2) is 16.2 Å². The average molecular weight is 168 g/mol. The zero-order chi connectivity index (χ0) is 9.14. The number of quaternary nitrogens is 1. The van der Waals surface area contributed by atoms with E-state index in [0.29, 0.717) is 5.56 Å². The van der Waals surface area contributed by atoms with Gasteiger partial charge < -0.3 is 15.9 Å². The molecule has 64 valence electrons. The molecule has 12 heavy (non-hydrogen) atoms. The summed E-state index contributed by atoms with van der Waals surface area (Å²) in [6.45, 7) is 0. The summed E-state index contributed by atoms with van der Waals surface area (Å²) in [4.78, 5) is 10.5. The second-order valence-corrected chi connectivity index (χ2v) is 2.45. The third-order valence-corrected chi connectivity index (χ3v) is 1.61. The standard InChI is InChI=1S/C8H9NO3/c9-7(8(11)12)5-3-1-2-4-6(5)10/h1-4,7,10H,9H2,(H,11,12)/p+1. The lowest BCUT2D eigenvalue weighted by molar-refractivity contribution is -0.413. The number of aliphatic carboxylic acids is 1. The quantitative estimate of drug-likeness (QED) is 0.569. The third-order valence-electron chi connectivity index (χ3n) is 1.61. The monoisotopic (exact) mass is 168 g/mol. The van der Waals surface area contributed by atoms with Crippen LogP contribution in [0.15, 0.2) is 24.3 Å². The van der Waals surface area contributed by atoms with Crippen molar-refractivity contribution in [2.75, 3.05) is 0 Å².